The van der Waals surface area contributed by atoms with Crippen LogP contribution in [-0.2, 0) is 0 Å². The van der Waals surface area contributed by atoms with Gasteiger partial charge in [-0.15, -0.1) is 24.8 Å². The molecule has 0 radical (unpaired) electrons. The van der Waals surface area contributed by atoms with Crippen molar-refractivity contribution in [3.8, 4) is 6.07 Å². The van der Waals surface area contributed by atoms with Crippen LogP contribution in [0.1, 0.15) is 18.0 Å². The third-order valence-corrected chi connectivity index (χ3v) is 5.09. The summed E-state index contributed by atoms with van der Waals surface area (Å²) in [6, 6.07) is 8.74. The maximum atomic E-state index is 9.04. The zero-order chi connectivity index (χ0) is 13.0. The normalized spacial score (nSPS) is 16.4. The SMILES string of the molecule is Cl.Cl.N#CC[C@@H](c1ccc(Br)c(Br)c1)N1CCNCC1. The number of nitriles is 1. The summed E-state index contributed by atoms with van der Waals surface area (Å²) in [5.41, 5.74) is 1.20. The van der Waals surface area contributed by atoms with Crippen molar-refractivity contribution in [1.82, 2.24) is 10.2 Å². The van der Waals surface area contributed by atoms with Crippen LogP contribution in [0.5, 0.6) is 0 Å². The number of benzene rings is 1. The second-order valence-electron chi connectivity index (χ2n) is 4.34. The average molecular weight is 446 g/mol. The van der Waals surface area contributed by atoms with Gasteiger partial charge in [-0.3, -0.25) is 4.90 Å². The molecule has 1 aliphatic rings. The predicted octanol–water partition coefficient (Wildman–Crippen LogP) is 3.92. The Morgan fingerprint density at radius 1 is 1.20 bits per heavy atom. The molecule has 0 amide bonds. The first-order valence-corrected chi connectivity index (χ1v) is 7.57. The van der Waals surface area contributed by atoms with Gasteiger partial charge >= 0.3 is 0 Å². The summed E-state index contributed by atoms with van der Waals surface area (Å²) in [5.74, 6) is 0. The average Bonchev–Trinajstić information content (AvgIpc) is 2.40. The number of halogens is 4. The quantitative estimate of drug-likeness (QED) is 0.766. The minimum absolute atomic E-state index is 0. The molecule has 20 heavy (non-hydrogen) atoms. The van der Waals surface area contributed by atoms with E-state index in [0.29, 0.717) is 6.42 Å². The molecule has 1 N–H and O–H groups in total. The minimum atomic E-state index is 0. The van der Waals surface area contributed by atoms with E-state index < -0.39 is 0 Å². The van der Waals surface area contributed by atoms with Crippen LogP contribution in [0.4, 0.5) is 0 Å². The zero-order valence-electron chi connectivity index (χ0n) is 10.8. The van der Waals surface area contributed by atoms with E-state index in [0.717, 1.165) is 35.1 Å². The van der Waals surface area contributed by atoms with Crippen molar-refractivity contribution in [2.24, 2.45) is 0 Å². The molecule has 0 saturated carbocycles. The smallest absolute Gasteiger partial charge is 0.0641 e. The predicted molar refractivity (Wildman–Crippen MR) is 93.8 cm³/mol. The molecule has 2 rings (SSSR count). The molecule has 0 bridgehead atoms. The van der Waals surface area contributed by atoms with Crippen molar-refractivity contribution in [3.05, 3.63) is 32.7 Å². The van der Waals surface area contributed by atoms with E-state index in [1.807, 2.05) is 6.07 Å². The summed E-state index contributed by atoms with van der Waals surface area (Å²) in [6.07, 6.45) is 0.536. The van der Waals surface area contributed by atoms with Crippen molar-refractivity contribution in [2.45, 2.75) is 12.5 Å². The molecule has 0 spiro atoms. The molecule has 1 aliphatic heterocycles. The van der Waals surface area contributed by atoms with Gasteiger partial charge in [-0.05, 0) is 49.6 Å². The lowest BCUT2D eigenvalue weighted by Crippen LogP contribution is -2.45. The fourth-order valence-corrected chi connectivity index (χ4v) is 2.90. The topological polar surface area (TPSA) is 39.1 Å². The summed E-state index contributed by atoms with van der Waals surface area (Å²) in [6.45, 7) is 4.00. The monoisotopic (exact) mass is 443 g/mol. The van der Waals surface area contributed by atoms with Crippen molar-refractivity contribution in [2.75, 3.05) is 26.2 Å². The number of nitrogens with one attached hydrogen (secondary N) is 1. The molecule has 112 valence electrons. The lowest BCUT2D eigenvalue weighted by molar-refractivity contribution is 0.175. The molecule has 3 nitrogen and oxygen atoms in total. The summed E-state index contributed by atoms with van der Waals surface area (Å²) < 4.78 is 2.08. The molecule has 0 aliphatic carbocycles. The molecular weight excluding hydrogens is 429 g/mol. The highest BCUT2D eigenvalue weighted by molar-refractivity contribution is 9.13. The number of hydrogen-bond donors (Lipinski definition) is 1. The highest BCUT2D eigenvalue weighted by Gasteiger charge is 2.22. The van der Waals surface area contributed by atoms with Crippen molar-refractivity contribution in [1.29, 1.82) is 5.26 Å². The van der Waals surface area contributed by atoms with Crippen LogP contribution >= 0.6 is 56.7 Å². The molecule has 1 fully saturated rings. The molecule has 7 heteroatoms. The first kappa shape index (κ1) is 20.2. The number of nitrogens with zero attached hydrogens (tertiary/aromatic N) is 2. The molecule has 1 aromatic carbocycles. The summed E-state index contributed by atoms with van der Waals surface area (Å²) in [7, 11) is 0. The van der Waals surface area contributed by atoms with E-state index in [-0.39, 0.29) is 30.9 Å². The number of rotatable bonds is 3. The lowest BCUT2D eigenvalue weighted by atomic mass is 10.0. The van der Waals surface area contributed by atoms with Gasteiger partial charge in [0.1, 0.15) is 0 Å². The summed E-state index contributed by atoms with van der Waals surface area (Å²) in [4.78, 5) is 2.38. The van der Waals surface area contributed by atoms with E-state index in [9.17, 15) is 0 Å². The third kappa shape index (κ3) is 5.18. The van der Waals surface area contributed by atoms with Crippen LogP contribution in [0.3, 0.4) is 0 Å². The standard InChI is InChI=1S/C13H15Br2N3.2ClH/c14-11-2-1-10(9-12(11)15)13(3-4-16)18-7-5-17-6-8-18;;/h1-2,9,13,17H,3,5-8H2;2*1H/t13-;;/m0../s1. The molecule has 1 heterocycles. The Morgan fingerprint density at radius 3 is 2.40 bits per heavy atom. The maximum Gasteiger partial charge on any atom is 0.0641 e. The molecular formula is C13H17Br2Cl2N3. The number of hydrogen-bond acceptors (Lipinski definition) is 3. The first-order chi connectivity index (χ1) is 8.72. The van der Waals surface area contributed by atoms with Gasteiger partial charge in [-0.2, -0.15) is 5.26 Å². The van der Waals surface area contributed by atoms with Gasteiger partial charge < -0.3 is 5.32 Å². The molecule has 1 saturated heterocycles. The van der Waals surface area contributed by atoms with Crippen LogP contribution in [-0.4, -0.2) is 31.1 Å². The van der Waals surface area contributed by atoms with Gasteiger partial charge in [0.15, 0.2) is 0 Å². The van der Waals surface area contributed by atoms with Gasteiger partial charge in [0, 0.05) is 41.2 Å². The van der Waals surface area contributed by atoms with E-state index in [4.69, 9.17) is 5.26 Å². The largest absolute Gasteiger partial charge is 0.314 e. The van der Waals surface area contributed by atoms with Gasteiger partial charge in [0.05, 0.1) is 12.5 Å². The van der Waals surface area contributed by atoms with Crippen molar-refractivity contribution < 1.29 is 0 Å². The van der Waals surface area contributed by atoms with Gasteiger partial charge in [0.2, 0.25) is 0 Å². The second kappa shape index (κ2) is 9.99. The third-order valence-electron chi connectivity index (χ3n) is 3.21. The minimum Gasteiger partial charge on any atom is -0.314 e. The molecule has 0 aromatic heterocycles. The van der Waals surface area contributed by atoms with E-state index in [2.05, 4.69) is 60.3 Å². The fraction of sp³-hybridized carbons (Fsp3) is 0.462. The van der Waals surface area contributed by atoms with Gasteiger partial charge in [0.25, 0.3) is 0 Å². The van der Waals surface area contributed by atoms with E-state index in [1.54, 1.807) is 0 Å². The van der Waals surface area contributed by atoms with Crippen LogP contribution < -0.4 is 5.32 Å². The zero-order valence-corrected chi connectivity index (χ0v) is 15.6. The van der Waals surface area contributed by atoms with Crippen LogP contribution in [0.15, 0.2) is 27.1 Å². The highest BCUT2D eigenvalue weighted by atomic mass is 79.9. The molecule has 1 atom stereocenters. The Morgan fingerprint density at radius 2 is 1.85 bits per heavy atom. The van der Waals surface area contributed by atoms with Crippen molar-refractivity contribution in [3.63, 3.8) is 0 Å². The van der Waals surface area contributed by atoms with Crippen molar-refractivity contribution >= 4 is 56.7 Å². The van der Waals surface area contributed by atoms with E-state index in [1.165, 1.54) is 5.56 Å². The van der Waals surface area contributed by atoms with Crippen LogP contribution in [0.25, 0.3) is 0 Å². The van der Waals surface area contributed by atoms with E-state index >= 15 is 0 Å². The van der Waals surface area contributed by atoms with Crippen LogP contribution in [0, 0.1) is 11.3 Å². The first-order valence-electron chi connectivity index (χ1n) is 5.99. The van der Waals surface area contributed by atoms with Gasteiger partial charge in [-0.25, -0.2) is 0 Å². The van der Waals surface area contributed by atoms with Crippen LogP contribution in [0.2, 0.25) is 0 Å². The molecule has 0 unspecified atom stereocenters. The summed E-state index contributed by atoms with van der Waals surface area (Å²) in [5, 5.41) is 12.4. The Labute approximate surface area is 149 Å². The Kier molecular flexibility index (Phi) is 10.1. The molecule has 1 aromatic rings. The van der Waals surface area contributed by atoms with Gasteiger partial charge in [-0.1, -0.05) is 6.07 Å². The number of piperazine rings is 1. The Balaban J connectivity index is 0.00000180. The second-order valence-corrected chi connectivity index (χ2v) is 6.05. The lowest BCUT2D eigenvalue weighted by Gasteiger charge is -2.34. The Hall–Kier alpha value is 0.170. The summed E-state index contributed by atoms with van der Waals surface area (Å²) >= 11 is 7.01. The maximum absolute atomic E-state index is 9.04. The fourth-order valence-electron chi connectivity index (χ4n) is 2.26. The highest BCUT2D eigenvalue weighted by Crippen LogP contribution is 2.30. The Bertz CT molecular complexity index is 459.